The molecule has 1 amide bonds. The van der Waals surface area contributed by atoms with E-state index in [2.05, 4.69) is 20.6 Å². The van der Waals surface area contributed by atoms with E-state index in [0.717, 1.165) is 57.0 Å². The van der Waals surface area contributed by atoms with Gasteiger partial charge in [0.05, 0.1) is 0 Å². The molecule has 2 aliphatic rings. The van der Waals surface area contributed by atoms with Gasteiger partial charge in [-0.3, -0.25) is 14.8 Å². The number of hydrogen-bond acceptors (Lipinski definition) is 3. The minimum absolute atomic E-state index is 0.273. The number of guanidine groups is 1. The third-order valence-corrected chi connectivity index (χ3v) is 5.17. The summed E-state index contributed by atoms with van der Waals surface area (Å²) in [5.41, 5.74) is 1.07. The second-order valence-corrected chi connectivity index (χ2v) is 6.97. The fourth-order valence-electron chi connectivity index (χ4n) is 3.75. The van der Waals surface area contributed by atoms with Crippen LogP contribution in [-0.2, 0) is 11.2 Å². The third kappa shape index (κ3) is 4.94. The number of aromatic nitrogens is 1. The molecule has 6 heteroatoms. The van der Waals surface area contributed by atoms with E-state index in [-0.39, 0.29) is 12.0 Å². The SMILES string of the molecule is CN=C(NCCc1ccccn1)NC1CCN(C(=O)C2CCCC2)C1. The first kappa shape index (κ1) is 17.7. The largest absolute Gasteiger partial charge is 0.356 e. The van der Waals surface area contributed by atoms with Crippen LogP contribution in [-0.4, -0.2) is 54.5 Å². The smallest absolute Gasteiger partial charge is 0.225 e. The molecular weight excluding hydrogens is 314 g/mol. The number of aliphatic imine (C=N–C) groups is 1. The number of nitrogens with one attached hydrogen (secondary N) is 2. The minimum atomic E-state index is 0.273. The van der Waals surface area contributed by atoms with Crippen LogP contribution >= 0.6 is 0 Å². The average Bonchev–Trinajstić information content (AvgIpc) is 3.33. The standard InChI is InChI=1S/C19H29N5O/c1-20-19(22-12-9-16-8-4-5-11-21-16)23-17-10-13-24(14-17)18(25)15-6-2-3-7-15/h4-5,8,11,15,17H,2-3,6-7,9-10,12-14H2,1H3,(H2,20,22,23). The first-order valence-corrected chi connectivity index (χ1v) is 9.42. The molecule has 2 fully saturated rings. The molecule has 1 aromatic heterocycles. The molecule has 1 aromatic rings. The minimum Gasteiger partial charge on any atom is -0.356 e. The van der Waals surface area contributed by atoms with Crippen LogP contribution in [0.25, 0.3) is 0 Å². The van der Waals surface area contributed by atoms with Gasteiger partial charge in [0.15, 0.2) is 5.96 Å². The Morgan fingerprint density at radius 2 is 2.16 bits per heavy atom. The van der Waals surface area contributed by atoms with Crippen LogP contribution in [0.15, 0.2) is 29.4 Å². The molecule has 6 nitrogen and oxygen atoms in total. The highest BCUT2D eigenvalue weighted by atomic mass is 16.2. The predicted molar refractivity (Wildman–Crippen MR) is 99.4 cm³/mol. The van der Waals surface area contributed by atoms with E-state index in [1.807, 2.05) is 29.3 Å². The van der Waals surface area contributed by atoms with Crippen molar-refractivity contribution in [3.8, 4) is 0 Å². The van der Waals surface area contributed by atoms with Crippen LogP contribution in [0.4, 0.5) is 0 Å². The van der Waals surface area contributed by atoms with Crippen LogP contribution in [0.3, 0.4) is 0 Å². The monoisotopic (exact) mass is 343 g/mol. The van der Waals surface area contributed by atoms with Crippen LogP contribution in [0.2, 0.25) is 0 Å². The topological polar surface area (TPSA) is 69.6 Å². The van der Waals surface area contributed by atoms with E-state index >= 15 is 0 Å². The molecule has 1 aliphatic carbocycles. The number of amides is 1. The van der Waals surface area contributed by atoms with Gasteiger partial charge in [-0.25, -0.2) is 0 Å². The summed E-state index contributed by atoms with van der Waals surface area (Å²) in [5.74, 6) is 1.44. The van der Waals surface area contributed by atoms with Gasteiger partial charge < -0.3 is 15.5 Å². The summed E-state index contributed by atoms with van der Waals surface area (Å²) in [6, 6.07) is 6.24. The van der Waals surface area contributed by atoms with Gasteiger partial charge in [0.2, 0.25) is 5.91 Å². The molecule has 1 unspecified atom stereocenters. The van der Waals surface area contributed by atoms with E-state index in [9.17, 15) is 4.79 Å². The summed E-state index contributed by atoms with van der Waals surface area (Å²) in [5, 5.41) is 6.79. The van der Waals surface area contributed by atoms with Crippen molar-refractivity contribution in [3.63, 3.8) is 0 Å². The molecule has 0 radical (unpaired) electrons. The number of nitrogens with zero attached hydrogens (tertiary/aromatic N) is 3. The summed E-state index contributed by atoms with van der Waals surface area (Å²) < 4.78 is 0. The normalized spacial score (nSPS) is 21.6. The van der Waals surface area contributed by atoms with Gasteiger partial charge >= 0.3 is 0 Å². The van der Waals surface area contributed by atoms with E-state index in [4.69, 9.17) is 0 Å². The highest BCUT2D eigenvalue weighted by Gasteiger charge is 2.32. The molecular formula is C19H29N5O. The Balaban J connectivity index is 1.41. The van der Waals surface area contributed by atoms with Crippen LogP contribution in [0, 0.1) is 5.92 Å². The Bertz CT molecular complexity index is 583. The Morgan fingerprint density at radius 3 is 2.88 bits per heavy atom. The molecule has 0 aromatic carbocycles. The predicted octanol–water partition coefficient (Wildman–Crippen LogP) is 1.58. The molecule has 2 heterocycles. The first-order valence-electron chi connectivity index (χ1n) is 9.42. The van der Waals surface area contributed by atoms with Gasteiger partial charge in [0, 0.05) is 57.0 Å². The zero-order valence-electron chi connectivity index (χ0n) is 15.1. The lowest BCUT2D eigenvalue weighted by molar-refractivity contribution is -0.134. The van der Waals surface area contributed by atoms with Gasteiger partial charge in [0.1, 0.15) is 0 Å². The number of carbonyl (C=O) groups excluding carboxylic acids is 1. The molecule has 1 aliphatic heterocycles. The van der Waals surface area contributed by atoms with Crippen molar-refractivity contribution in [1.29, 1.82) is 0 Å². The van der Waals surface area contributed by atoms with E-state index in [0.29, 0.717) is 5.91 Å². The van der Waals surface area contributed by atoms with Crippen molar-refractivity contribution in [2.75, 3.05) is 26.7 Å². The van der Waals surface area contributed by atoms with Gasteiger partial charge in [-0.15, -0.1) is 0 Å². The lowest BCUT2D eigenvalue weighted by Crippen LogP contribution is -2.45. The number of likely N-dealkylation sites (tertiary alicyclic amines) is 1. The summed E-state index contributed by atoms with van der Waals surface area (Å²) in [6.07, 6.45) is 8.22. The van der Waals surface area contributed by atoms with Gasteiger partial charge in [-0.2, -0.15) is 0 Å². The quantitative estimate of drug-likeness (QED) is 0.629. The molecule has 1 saturated heterocycles. The van der Waals surface area contributed by atoms with Crippen LogP contribution in [0.5, 0.6) is 0 Å². The lowest BCUT2D eigenvalue weighted by Gasteiger charge is -2.21. The van der Waals surface area contributed by atoms with E-state index in [1.54, 1.807) is 7.05 Å². The summed E-state index contributed by atoms with van der Waals surface area (Å²) in [4.78, 5) is 23.2. The number of rotatable bonds is 5. The highest BCUT2D eigenvalue weighted by molar-refractivity contribution is 5.81. The molecule has 136 valence electrons. The number of hydrogen-bond donors (Lipinski definition) is 2. The molecule has 3 rings (SSSR count). The van der Waals surface area contributed by atoms with Crippen molar-refractivity contribution >= 4 is 11.9 Å². The maximum Gasteiger partial charge on any atom is 0.225 e. The maximum atomic E-state index is 12.5. The molecule has 25 heavy (non-hydrogen) atoms. The van der Waals surface area contributed by atoms with Crippen molar-refractivity contribution in [2.24, 2.45) is 10.9 Å². The number of carbonyl (C=O) groups is 1. The molecule has 0 spiro atoms. The second-order valence-electron chi connectivity index (χ2n) is 6.97. The van der Waals surface area contributed by atoms with Crippen LogP contribution < -0.4 is 10.6 Å². The Labute approximate surface area is 150 Å². The maximum absolute atomic E-state index is 12.5. The van der Waals surface area contributed by atoms with Gasteiger partial charge in [-0.1, -0.05) is 18.9 Å². The summed E-state index contributed by atoms with van der Waals surface area (Å²) >= 11 is 0. The van der Waals surface area contributed by atoms with Crippen molar-refractivity contribution in [2.45, 2.75) is 44.6 Å². The molecule has 1 atom stereocenters. The average molecular weight is 343 g/mol. The fraction of sp³-hybridized carbons (Fsp3) is 0.632. The third-order valence-electron chi connectivity index (χ3n) is 5.17. The van der Waals surface area contributed by atoms with Crippen molar-refractivity contribution in [1.82, 2.24) is 20.5 Å². The van der Waals surface area contributed by atoms with Crippen molar-refractivity contribution < 1.29 is 4.79 Å². The van der Waals surface area contributed by atoms with Gasteiger partial charge in [-0.05, 0) is 31.4 Å². The van der Waals surface area contributed by atoms with Crippen molar-refractivity contribution in [3.05, 3.63) is 30.1 Å². The Hall–Kier alpha value is -2.11. The molecule has 1 saturated carbocycles. The highest BCUT2D eigenvalue weighted by Crippen LogP contribution is 2.27. The fourth-order valence-corrected chi connectivity index (χ4v) is 3.75. The summed E-state index contributed by atoms with van der Waals surface area (Å²) in [6.45, 7) is 2.43. The van der Waals surface area contributed by atoms with Gasteiger partial charge in [0.25, 0.3) is 0 Å². The van der Waals surface area contributed by atoms with E-state index < -0.39 is 0 Å². The summed E-state index contributed by atoms with van der Waals surface area (Å²) in [7, 11) is 1.78. The second kappa shape index (κ2) is 8.83. The van der Waals surface area contributed by atoms with E-state index in [1.165, 1.54) is 12.8 Å². The lowest BCUT2D eigenvalue weighted by atomic mass is 10.1. The Kier molecular flexibility index (Phi) is 6.25. The zero-order chi connectivity index (χ0) is 17.5. The Morgan fingerprint density at radius 1 is 1.32 bits per heavy atom. The molecule has 0 bridgehead atoms. The first-order chi connectivity index (χ1) is 12.3. The zero-order valence-corrected chi connectivity index (χ0v) is 15.1. The number of pyridine rings is 1. The molecule has 2 N–H and O–H groups in total. The van der Waals surface area contributed by atoms with Crippen LogP contribution in [0.1, 0.15) is 37.8 Å².